The summed E-state index contributed by atoms with van der Waals surface area (Å²) in [5, 5.41) is 15.5. The molecule has 0 amide bonds. The molecule has 0 aliphatic heterocycles. The lowest BCUT2D eigenvalue weighted by Crippen LogP contribution is -1.96. The summed E-state index contributed by atoms with van der Waals surface area (Å²) in [4.78, 5) is 5.53. The molecule has 6 heteroatoms. The normalized spacial score (nSPS) is 14.6. The van der Waals surface area contributed by atoms with Crippen molar-refractivity contribution in [3.8, 4) is 17.0 Å². The Morgan fingerprint density at radius 1 is 1.32 bits per heavy atom. The van der Waals surface area contributed by atoms with Gasteiger partial charge in [-0.2, -0.15) is 5.10 Å². The van der Waals surface area contributed by atoms with Gasteiger partial charge in [0.2, 0.25) is 4.96 Å². The molecule has 4 rings (SSSR count). The van der Waals surface area contributed by atoms with E-state index in [9.17, 15) is 5.11 Å². The fraction of sp³-hybridized carbons (Fsp3) is 0.375. The maximum atomic E-state index is 9.75. The number of hydrogen-bond acceptors (Lipinski definition) is 5. The van der Waals surface area contributed by atoms with Crippen LogP contribution < -0.4 is 4.74 Å². The highest BCUT2D eigenvalue weighted by Crippen LogP contribution is 2.42. The van der Waals surface area contributed by atoms with Gasteiger partial charge < -0.3 is 9.84 Å². The van der Waals surface area contributed by atoms with Crippen LogP contribution in [0.5, 0.6) is 5.75 Å². The molecule has 0 radical (unpaired) electrons. The third kappa shape index (κ3) is 2.28. The molecule has 22 heavy (non-hydrogen) atoms. The molecule has 1 saturated carbocycles. The third-order valence-corrected chi connectivity index (χ3v) is 4.90. The van der Waals surface area contributed by atoms with Crippen molar-refractivity contribution >= 4 is 16.3 Å². The van der Waals surface area contributed by atoms with Crippen molar-refractivity contribution < 1.29 is 9.84 Å². The van der Waals surface area contributed by atoms with Crippen LogP contribution in [-0.2, 0) is 6.61 Å². The highest BCUT2D eigenvalue weighted by molar-refractivity contribution is 7.16. The Morgan fingerprint density at radius 2 is 2.09 bits per heavy atom. The van der Waals surface area contributed by atoms with Gasteiger partial charge in [0.05, 0.1) is 24.6 Å². The summed E-state index contributed by atoms with van der Waals surface area (Å²) in [7, 11) is 0. The fourth-order valence-electron chi connectivity index (χ4n) is 2.55. The summed E-state index contributed by atoms with van der Waals surface area (Å²) in [6, 6.07) is 7.80. The molecule has 3 aromatic rings. The summed E-state index contributed by atoms with van der Waals surface area (Å²) in [6.45, 7) is 2.54. The van der Waals surface area contributed by atoms with E-state index < -0.39 is 0 Å². The maximum absolute atomic E-state index is 9.75. The second kappa shape index (κ2) is 5.37. The predicted molar refractivity (Wildman–Crippen MR) is 85.4 cm³/mol. The Kier molecular flexibility index (Phi) is 3.35. The number of hydrogen-bond donors (Lipinski definition) is 1. The lowest BCUT2D eigenvalue weighted by molar-refractivity contribution is 0.275. The summed E-state index contributed by atoms with van der Waals surface area (Å²) >= 11 is 1.63. The van der Waals surface area contributed by atoms with Gasteiger partial charge in [0.1, 0.15) is 10.8 Å². The van der Waals surface area contributed by atoms with Gasteiger partial charge in [0, 0.05) is 11.5 Å². The molecule has 1 fully saturated rings. The molecule has 0 saturated heterocycles. The van der Waals surface area contributed by atoms with E-state index in [2.05, 4.69) is 10.1 Å². The van der Waals surface area contributed by atoms with E-state index in [0.29, 0.717) is 12.5 Å². The number of ether oxygens (including phenoxy) is 1. The Morgan fingerprint density at radius 3 is 2.73 bits per heavy atom. The van der Waals surface area contributed by atoms with Crippen molar-refractivity contribution in [3.05, 3.63) is 35.0 Å². The molecule has 1 aliphatic carbocycles. The molecule has 0 bridgehead atoms. The number of aromatic nitrogens is 3. The zero-order valence-electron chi connectivity index (χ0n) is 12.3. The first-order valence-electron chi connectivity index (χ1n) is 7.52. The van der Waals surface area contributed by atoms with Crippen LogP contribution in [-0.4, -0.2) is 26.3 Å². The summed E-state index contributed by atoms with van der Waals surface area (Å²) in [5.74, 6) is 1.44. The van der Waals surface area contributed by atoms with Crippen molar-refractivity contribution in [2.75, 3.05) is 6.61 Å². The van der Waals surface area contributed by atoms with Crippen LogP contribution in [0.3, 0.4) is 0 Å². The minimum atomic E-state index is -0.0719. The first-order chi connectivity index (χ1) is 10.8. The molecule has 0 unspecified atom stereocenters. The molecule has 1 aromatic carbocycles. The van der Waals surface area contributed by atoms with Gasteiger partial charge in [0.25, 0.3) is 0 Å². The minimum Gasteiger partial charge on any atom is -0.494 e. The zero-order valence-corrected chi connectivity index (χ0v) is 13.1. The molecule has 0 atom stereocenters. The fourth-order valence-corrected chi connectivity index (χ4v) is 3.64. The molecule has 2 heterocycles. The van der Waals surface area contributed by atoms with E-state index in [0.717, 1.165) is 32.7 Å². The number of nitrogens with zero attached hydrogens (tertiary/aromatic N) is 3. The van der Waals surface area contributed by atoms with Crippen molar-refractivity contribution in [1.82, 2.24) is 14.6 Å². The van der Waals surface area contributed by atoms with Crippen molar-refractivity contribution in [2.45, 2.75) is 32.3 Å². The van der Waals surface area contributed by atoms with Gasteiger partial charge >= 0.3 is 0 Å². The Labute approximate surface area is 132 Å². The van der Waals surface area contributed by atoms with Gasteiger partial charge in [-0.25, -0.2) is 9.50 Å². The average Bonchev–Trinajstić information content (AvgIpc) is 3.21. The topological polar surface area (TPSA) is 59.7 Å². The van der Waals surface area contributed by atoms with E-state index >= 15 is 0 Å². The van der Waals surface area contributed by atoms with Crippen LogP contribution in [0.2, 0.25) is 0 Å². The van der Waals surface area contributed by atoms with Crippen LogP contribution in [0.15, 0.2) is 24.3 Å². The summed E-state index contributed by atoms with van der Waals surface area (Å²) < 4.78 is 7.26. The maximum Gasteiger partial charge on any atom is 0.213 e. The average molecular weight is 315 g/mol. The van der Waals surface area contributed by atoms with Crippen molar-refractivity contribution in [3.63, 3.8) is 0 Å². The lowest BCUT2D eigenvalue weighted by atomic mass is 10.1. The van der Waals surface area contributed by atoms with Gasteiger partial charge in [0.15, 0.2) is 0 Å². The molecular formula is C16H17N3O2S. The number of rotatable bonds is 5. The predicted octanol–water partition coefficient (Wildman–Crippen LogP) is 3.23. The third-order valence-electron chi connectivity index (χ3n) is 3.83. The van der Waals surface area contributed by atoms with Crippen molar-refractivity contribution in [1.29, 1.82) is 0 Å². The molecule has 2 aromatic heterocycles. The van der Waals surface area contributed by atoms with Crippen LogP contribution in [0.1, 0.15) is 36.4 Å². The molecular weight excluding hydrogens is 298 g/mol. The molecule has 1 N–H and O–H groups in total. The molecule has 1 aliphatic rings. The van der Waals surface area contributed by atoms with Gasteiger partial charge in [-0.3, -0.25) is 0 Å². The number of imidazole rings is 1. The highest BCUT2D eigenvalue weighted by Gasteiger charge is 2.29. The second-order valence-corrected chi connectivity index (χ2v) is 6.42. The first-order valence-corrected chi connectivity index (χ1v) is 8.34. The Bertz CT molecular complexity index is 803. The number of aliphatic hydroxyl groups is 1. The lowest BCUT2D eigenvalue weighted by Gasteiger charge is -2.04. The minimum absolute atomic E-state index is 0.0719. The van der Waals surface area contributed by atoms with E-state index in [1.165, 1.54) is 12.8 Å². The number of aliphatic hydroxyl groups excluding tert-OH is 1. The van der Waals surface area contributed by atoms with Gasteiger partial charge in [-0.1, -0.05) is 11.3 Å². The largest absolute Gasteiger partial charge is 0.494 e. The van der Waals surface area contributed by atoms with E-state index in [4.69, 9.17) is 4.74 Å². The summed E-state index contributed by atoms with van der Waals surface area (Å²) in [5.41, 5.74) is 2.52. The van der Waals surface area contributed by atoms with Crippen LogP contribution >= 0.6 is 11.3 Å². The zero-order chi connectivity index (χ0) is 15.1. The Hall–Kier alpha value is -1.92. The number of fused-ring (bicyclic) bond motifs is 1. The summed E-state index contributed by atoms with van der Waals surface area (Å²) in [6.07, 6.45) is 2.44. The molecule has 0 spiro atoms. The van der Waals surface area contributed by atoms with Crippen LogP contribution in [0.25, 0.3) is 16.2 Å². The van der Waals surface area contributed by atoms with Gasteiger partial charge in [-0.15, -0.1) is 0 Å². The second-order valence-electron chi connectivity index (χ2n) is 5.43. The smallest absolute Gasteiger partial charge is 0.213 e. The number of benzene rings is 1. The Balaban J connectivity index is 1.75. The molecule has 5 nitrogen and oxygen atoms in total. The highest BCUT2D eigenvalue weighted by atomic mass is 32.1. The van der Waals surface area contributed by atoms with E-state index in [-0.39, 0.29) is 6.61 Å². The van der Waals surface area contributed by atoms with Crippen molar-refractivity contribution in [2.24, 2.45) is 0 Å². The molecule has 114 valence electrons. The standard InChI is InChI=1S/C16H17N3O2S/c1-2-21-12-7-5-10(6-8-12)14-13(9-20)19-16(17-14)22-15(18-19)11-3-4-11/h5-8,11,20H,2-4,9H2,1H3. The van der Waals surface area contributed by atoms with E-state index in [1.54, 1.807) is 15.9 Å². The monoisotopic (exact) mass is 315 g/mol. The van der Waals surface area contributed by atoms with E-state index in [1.807, 2.05) is 31.2 Å². The van der Waals surface area contributed by atoms with Crippen LogP contribution in [0.4, 0.5) is 0 Å². The van der Waals surface area contributed by atoms with Crippen LogP contribution in [0, 0.1) is 0 Å². The quantitative estimate of drug-likeness (QED) is 0.785. The first kappa shape index (κ1) is 13.7. The SMILES string of the molecule is CCOc1ccc(-c2nc3sc(C4CC4)nn3c2CO)cc1. The van der Waals surface area contributed by atoms with Gasteiger partial charge in [-0.05, 0) is 44.0 Å².